The van der Waals surface area contributed by atoms with Crippen molar-refractivity contribution in [1.29, 1.82) is 0 Å². The van der Waals surface area contributed by atoms with Crippen molar-refractivity contribution in [2.45, 2.75) is 6.42 Å². The van der Waals surface area contributed by atoms with Crippen LogP contribution in [-0.4, -0.2) is 36.7 Å². The average molecular weight is 226 g/mol. The highest BCUT2D eigenvalue weighted by atomic mass is 35.5. The van der Waals surface area contributed by atoms with Gasteiger partial charge in [0.2, 0.25) is 0 Å². The molecule has 0 aliphatic carbocycles. The monoisotopic (exact) mass is 225 g/mol. The predicted octanol–water partition coefficient (Wildman–Crippen LogP) is 2.43. The van der Waals surface area contributed by atoms with Crippen LogP contribution in [0.2, 0.25) is 0 Å². The molecule has 2 nitrogen and oxygen atoms in total. The summed E-state index contributed by atoms with van der Waals surface area (Å²) in [6, 6.07) is 9.36. The minimum atomic E-state index is 0.160. The molecule has 0 unspecified atom stereocenters. The molecule has 15 heavy (non-hydrogen) atoms. The normalized spacial score (nSPS) is 10.6. The van der Waals surface area contributed by atoms with E-state index in [0.717, 1.165) is 18.5 Å². The van der Waals surface area contributed by atoms with Gasteiger partial charge in [-0.05, 0) is 20.0 Å². The number of benzene rings is 1. The third-order valence-electron chi connectivity index (χ3n) is 2.18. The summed E-state index contributed by atoms with van der Waals surface area (Å²) in [5, 5.41) is 0. The molecule has 0 saturated heterocycles. The Morgan fingerprint density at radius 1 is 1.33 bits per heavy atom. The fraction of sp³-hybridized carbons (Fsp3) is 0.417. The van der Waals surface area contributed by atoms with Gasteiger partial charge in [0.15, 0.2) is 5.78 Å². The van der Waals surface area contributed by atoms with Gasteiger partial charge < -0.3 is 0 Å². The fourth-order valence-corrected chi connectivity index (χ4v) is 1.49. The molecule has 0 N–H and O–H groups in total. The molecular formula is C12H16ClNO. The first-order valence-corrected chi connectivity index (χ1v) is 5.60. The van der Waals surface area contributed by atoms with E-state index in [2.05, 4.69) is 0 Å². The molecule has 0 radical (unpaired) electrons. The number of nitrogens with zero attached hydrogens (tertiary/aromatic N) is 1. The summed E-state index contributed by atoms with van der Waals surface area (Å²) in [5.41, 5.74) is 0.773. The molecule has 0 aromatic heterocycles. The summed E-state index contributed by atoms with van der Waals surface area (Å²) in [6.45, 7) is 1.32. The van der Waals surface area contributed by atoms with Crippen molar-refractivity contribution in [3.63, 3.8) is 0 Å². The zero-order valence-corrected chi connectivity index (χ0v) is 9.70. The maximum Gasteiger partial charge on any atom is 0.176 e. The molecule has 0 aliphatic heterocycles. The lowest BCUT2D eigenvalue weighted by molar-refractivity contribution is 0.0946. The number of carbonyl (C=O) groups excluding carboxylic acids is 1. The molecule has 1 rings (SSSR count). The SMILES string of the molecule is CN(CCCCl)CC(=O)c1ccccc1. The Bertz CT molecular complexity index is 300. The van der Waals surface area contributed by atoms with Gasteiger partial charge in [-0.25, -0.2) is 0 Å². The van der Waals surface area contributed by atoms with Crippen LogP contribution in [0.3, 0.4) is 0 Å². The van der Waals surface area contributed by atoms with Gasteiger partial charge >= 0.3 is 0 Å². The smallest absolute Gasteiger partial charge is 0.176 e. The number of halogens is 1. The summed E-state index contributed by atoms with van der Waals surface area (Å²) in [5.74, 6) is 0.803. The molecular weight excluding hydrogens is 210 g/mol. The number of alkyl halides is 1. The van der Waals surface area contributed by atoms with Crippen LogP contribution in [0.1, 0.15) is 16.8 Å². The Morgan fingerprint density at radius 2 is 2.00 bits per heavy atom. The number of hydrogen-bond acceptors (Lipinski definition) is 2. The first-order valence-electron chi connectivity index (χ1n) is 5.07. The van der Waals surface area contributed by atoms with E-state index in [1.807, 2.05) is 42.3 Å². The Hall–Kier alpha value is -0.860. The number of rotatable bonds is 6. The van der Waals surface area contributed by atoms with E-state index in [1.165, 1.54) is 0 Å². The second kappa shape index (κ2) is 6.59. The highest BCUT2D eigenvalue weighted by Crippen LogP contribution is 2.01. The zero-order chi connectivity index (χ0) is 11.1. The Labute approximate surface area is 95.8 Å². The maximum atomic E-state index is 11.7. The van der Waals surface area contributed by atoms with Crippen molar-refractivity contribution in [1.82, 2.24) is 4.90 Å². The van der Waals surface area contributed by atoms with Gasteiger partial charge in [0.1, 0.15) is 0 Å². The molecule has 82 valence electrons. The van der Waals surface area contributed by atoms with Crippen molar-refractivity contribution in [2.75, 3.05) is 26.0 Å². The van der Waals surface area contributed by atoms with E-state index in [1.54, 1.807) is 0 Å². The van der Waals surface area contributed by atoms with Gasteiger partial charge in [-0.2, -0.15) is 0 Å². The predicted molar refractivity (Wildman–Crippen MR) is 63.6 cm³/mol. The number of carbonyl (C=O) groups is 1. The van der Waals surface area contributed by atoms with Gasteiger partial charge in [-0.1, -0.05) is 30.3 Å². The van der Waals surface area contributed by atoms with Crippen LogP contribution in [0, 0.1) is 0 Å². The summed E-state index contributed by atoms with van der Waals surface area (Å²) in [6.07, 6.45) is 0.917. The van der Waals surface area contributed by atoms with Crippen molar-refractivity contribution in [3.05, 3.63) is 35.9 Å². The van der Waals surface area contributed by atoms with Crippen LogP contribution in [0.15, 0.2) is 30.3 Å². The van der Waals surface area contributed by atoms with Gasteiger partial charge in [-0.15, -0.1) is 11.6 Å². The number of likely N-dealkylation sites (N-methyl/N-ethyl adjacent to an activating group) is 1. The van der Waals surface area contributed by atoms with Crippen LogP contribution >= 0.6 is 11.6 Å². The highest BCUT2D eigenvalue weighted by molar-refractivity contribution is 6.17. The molecule has 0 atom stereocenters. The summed E-state index contributed by atoms with van der Waals surface area (Å²) >= 11 is 5.59. The quantitative estimate of drug-likeness (QED) is 0.548. The lowest BCUT2D eigenvalue weighted by Gasteiger charge is -2.14. The summed E-state index contributed by atoms with van der Waals surface area (Å²) < 4.78 is 0. The first-order chi connectivity index (χ1) is 7.24. The Kier molecular flexibility index (Phi) is 5.37. The molecule has 0 aliphatic rings. The lowest BCUT2D eigenvalue weighted by Crippen LogP contribution is -2.27. The zero-order valence-electron chi connectivity index (χ0n) is 8.95. The van der Waals surface area contributed by atoms with E-state index in [9.17, 15) is 4.79 Å². The van der Waals surface area contributed by atoms with Crippen LogP contribution in [0.4, 0.5) is 0 Å². The summed E-state index contributed by atoms with van der Waals surface area (Å²) in [4.78, 5) is 13.7. The first kappa shape index (κ1) is 12.2. The molecule has 0 amide bonds. The van der Waals surface area contributed by atoms with Crippen LogP contribution in [0.25, 0.3) is 0 Å². The van der Waals surface area contributed by atoms with Crippen molar-refractivity contribution >= 4 is 17.4 Å². The molecule has 3 heteroatoms. The molecule has 0 spiro atoms. The van der Waals surface area contributed by atoms with E-state index in [4.69, 9.17) is 11.6 Å². The topological polar surface area (TPSA) is 20.3 Å². The van der Waals surface area contributed by atoms with Gasteiger partial charge in [-0.3, -0.25) is 9.69 Å². The lowest BCUT2D eigenvalue weighted by atomic mass is 10.1. The van der Waals surface area contributed by atoms with Crippen molar-refractivity contribution in [2.24, 2.45) is 0 Å². The number of hydrogen-bond donors (Lipinski definition) is 0. The minimum absolute atomic E-state index is 0.160. The van der Waals surface area contributed by atoms with Crippen LogP contribution < -0.4 is 0 Å². The third-order valence-corrected chi connectivity index (χ3v) is 2.45. The molecule has 0 saturated carbocycles. The van der Waals surface area contributed by atoms with Gasteiger partial charge in [0.05, 0.1) is 6.54 Å². The number of ketones is 1. The van der Waals surface area contributed by atoms with E-state index < -0.39 is 0 Å². The van der Waals surface area contributed by atoms with Crippen molar-refractivity contribution < 1.29 is 4.79 Å². The fourth-order valence-electron chi connectivity index (χ4n) is 1.37. The standard InChI is InChI=1S/C12H16ClNO/c1-14(9-5-8-13)10-12(15)11-6-3-2-4-7-11/h2-4,6-7H,5,8-10H2,1H3. The second-order valence-electron chi connectivity index (χ2n) is 3.57. The van der Waals surface area contributed by atoms with E-state index >= 15 is 0 Å². The highest BCUT2D eigenvalue weighted by Gasteiger charge is 2.07. The van der Waals surface area contributed by atoms with Gasteiger partial charge in [0.25, 0.3) is 0 Å². The van der Waals surface area contributed by atoms with Crippen LogP contribution in [0.5, 0.6) is 0 Å². The minimum Gasteiger partial charge on any atom is -0.299 e. The van der Waals surface area contributed by atoms with Gasteiger partial charge in [0, 0.05) is 11.4 Å². The van der Waals surface area contributed by atoms with E-state index in [0.29, 0.717) is 12.4 Å². The van der Waals surface area contributed by atoms with E-state index in [-0.39, 0.29) is 5.78 Å². The molecule has 0 fully saturated rings. The molecule has 1 aromatic carbocycles. The molecule has 0 bridgehead atoms. The van der Waals surface area contributed by atoms with Crippen LogP contribution in [-0.2, 0) is 0 Å². The molecule has 0 heterocycles. The third kappa shape index (κ3) is 4.45. The maximum absolute atomic E-state index is 11.7. The Balaban J connectivity index is 2.42. The average Bonchev–Trinajstić information content (AvgIpc) is 2.27. The van der Waals surface area contributed by atoms with Crippen molar-refractivity contribution in [3.8, 4) is 0 Å². The summed E-state index contributed by atoms with van der Waals surface area (Å²) in [7, 11) is 1.94. The Morgan fingerprint density at radius 3 is 2.60 bits per heavy atom. The number of Topliss-reactive ketones (excluding diaryl/α,β-unsaturated/α-hetero) is 1. The second-order valence-corrected chi connectivity index (χ2v) is 3.95. The largest absolute Gasteiger partial charge is 0.299 e. The molecule has 1 aromatic rings.